The van der Waals surface area contributed by atoms with Gasteiger partial charge in [0.25, 0.3) is 0 Å². The third-order valence-corrected chi connectivity index (χ3v) is 2.40. The van der Waals surface area contributed by atoms with Crippen LogP contribution in [-0.2, 0) is 0 Å². The summed E-state index contributed by atoms with van der Waals surface area (Å²) in [6.07, 6.45) is 0. The van der Waals surface area contributed by atoms with E-state index in [1.807, 2.05) is 5.48 Å². The molecule has 0 radical (unpaired) electrons. The van der Waals surface area contributed by atoms with Crippen molar-refractivity contribution in [1.29, 1.82) is 0 Å². The fourth-order valence-electron chi connectivity index (χ4n) is 1.47. The number of anilines is 1. The third kappa shape index (κ3) is 2.93. The SMILES string of the molecule is O=Nc1ccc(NO)cc1OC(=O)c1ccccc1. The van der Waals surface area contributed by atoms with Gasteiger partial charge in [-0.3, -0.25) is 10.7 Å². The van der Waals surface area contributed by atoms with Crippen molar-refractivity contribution in [1.82, 2.24) is 0 Å². The normalized spacial score (nSPS) is 9.74. The number of carbonyl (C=O) groups is 1. The summed E-state index contributed by atoms with van der Waals surface area (Å²) in [6, 6.07) is 12.4. The molecule has 0 amide bonds. The minimum absolute atomic E-state index is 0.0247. The Balaban J connectivity index is 2.27. The van der Waals surface area contributed by atoms with Gasteiger partial charge in [-0.1, -0.05) is 18.2 Å². The van der Waals surface area contributed by atoms with Crippen LogP contribution in [0.5, 0.6) is 5.75 Å². The standard InChI is InChI=1S/C13H10N2O4/c16-13(9-4-2-1-3-5-9)19-12-8-10(14-17)6-7-11(12)15-18/h1-8,14,17H. The van der Waals surface area contributed by atoms with E-state index in [1.54, 1.807) is 30.3 Å². The van der Waals surface area contributed by atoms with Crippen LogP contribution in [0, 0.1) is 4.91 Å². The second kappa shape index (κ2) is 5.74. The Kier molecular flexibility index (Phi) is 3.84. The van der Waals surface area contributed by atoms with Crippen molar-refractivity contribution in [2.24, 2.45) is 5.18 Å². The highest BCUT2D eigenvalue weighted by atomic mass is 16.5. The van der Waals surface area contributed by atoms with Crippen LogP contribution in [0.4, 0.5) is 11.4 Å². The molecule has 96 valence electrons. The fraction of sp³-hybridized carbons (Fsp3) is 0. The van der Waals surface area contributed by atoms with Crippen molar-refractivity contribution in [3.05, 3.63) is 59.0 Å². The number of hydrogen-bond acceptors (Lipinski definition) is 6. The van der Waals surface area contributed by atoms with Gasteiger partial charge in [-0.25, -0.2) is 4.79 Å². The molecule has 0 aliphatic carbocycles. The summed E-state index contributed by atoms with van der Waals surface area (Å²) in [6.45, 7) is 0. The molecule has 2 rings (SSSR count). The van der Waals surface area contributed by atoms with Gasteiger partial charge in [0.1, 0.15) is 0 Å². The number of hydrogen-bond donors (Lipinski definition) is 2. The predicted octanol–water partition coefficient (Wildman–Crippen LogP) is 3.10. The van der Waals surface area contributed by atoms with Gasteiger partial charge in [-0.2, -0.15) is 0 Å². The molecule has 0 heterocycles. The van der Waals surface area contributed by atoms with E-state index in [4.69, 9.17) is 9.94 Å². The van der Waals surface area contributed by atoms with Crippen molar-refractivity contribution >= 4 is 17.3 Å². The van der Waals surface area contributed by atoms with Crippen LogP contribution < -0.4 is 10.2 Å². The number of ether oxygens (including phenoxy) is 1. The van der Waals surface area contributed by atoms with E-state index in [9.17, 15) is 9.70 Å². The highest BCUT2D eigenvalue weighted by Gasteiger charge is 2.12. The van der Waals surface area contributed by atoms with Crippen molar-refractivity contribution < 1.29 is 14.7 Å². The monoisotopic (exact) mass is 258 g/mol. The zero-order valence-electron chi connectivity index (χ0n) is 9.74. The quantitative estimate of drug-likeness (QED) is 0.380. The van der Waals surface area contributed by atoms with Crippen LogP contribution in [0.25, 0.3) is 0 Å². The Morgan fingerprint density at radius 2 is 1.89 bits per heavy atom. The third-order valence-electron chi connectivity index (χ3n) is 2.40. The molecule has 0 fully saturated rings. The number of nitroso groups, excluding NO2 is 1. The van der Waals surface area contributed by atoms with Crippen molar-refractivity contribution in [3.8, 4) is 5.75 Å². The van der Waals surface area contributed by atoms with E-state index in [0.717, 1.165) is 0 Å². The summed E-state index contributed by atoms with van der Waals surface area (Å²) in [5.74, 6) is -0.636. The molecule has 0 bridgehead atoms. The van der Waals surface area contributed by atoms with E-state index in [1.165, 1.54) is 18.2 Å². The van der Waals surface area contributed by atoms with Gasteiger partial charge in [0.2, 0.25) is 0 Å². The van der Waals surface area contributed by atoms with Gasteiger partial charge in [-0.05, 0) is 29.4 Å². The molecule has 2 N–H and O–H groups in total. The molecule has 0 spiro atoms. The summed E-state index contributed by atoms with van der Waals surface area (Å²) < 4.78 is 5.08. The van der Waals surface area contributed by atoms with Crippen LogP contribution >= 0.6 is 0 Å². The average Bonchev–Trinajstić information content (AvgIpc) is 2.48. The van der Waals surface area contributed by atoms with Gasteiger partial charge in [0, 0.05) is 6.07 Å². The van der Waals surface area contributed by atoms with Gasteiger partial charge < -0.3 is 4.74 Å². The molecule has 0 aliphatic rings. The summed E-state index contributed by atoms with van der Waals surface area (Å²) in [7, 11) is 0. The molecule has 2 aromatic rings. The van der Waals surface area contributed by atoms with Gasteiger partial charge in [-0.15, -0.1) is 4.91 Å². The predicted molar refractivity (Wildman–Crippen MR) is 68.7 cm³/mol. The number of benzene rings is 2. The van der Waals surface area contributed by atoms with Gasteiger partial charge >= 0.3 is 5.97 Å². The van der Waals surface area contributed by atoms with E-state index < -0.39 is 5.97 Å². The molecule has 2 aromatic carbocycles. The fourth-order valence-corrected chi connectivity index (χ4v) is 1.47. The molecule has 6 nitrogen and oxygen atoms in total. The first-order valence-electron chi connectivity index (χ1n) is 5.39. The number of nitrogens with one attached hydrogen (secondary N) is 1. The maximum absolute atomic E-state index is 11.8. The smallest absolute Gasteiger partial charge is 0.343 e. The summed E-state index contributed by atoms with van der Waals surface area (Å²) in [5, 5.41) is 11.5. The Hall–Kier alpha value is -2.73. The van der Waals surface area contributed by atoms with Crippen LogP contribution in [0.2, 0.25) is 0 Å². The van der Waals surface area contributed by atoms with E-state index >= 15 is 0 Å². The van der Waals surface area contributed by atoms with Crippen LogP contribution in [0.15, 0.2) is 53.7 Å². The van der Waals surface area contributed by atoms with Gasteiger partial charge in [0.15, 0.2) is 11.4 Å². The maximum Gasteiger partial charge on any atom is 0.343 e. The largest absolute Gasteiger partial charge is 0.420 e. The first-order chi connectivity index (χ1) is 9.24. The molecular formula is C13H10N2O4. The van der Waals surface area contributed by atoms with Crippen molar-refractivity contribution in [3.63, 3.8) is 0 Å². The molecular weight excluding hydrogens is 248 g/mol. The Morgan fingerprint density at radius 1 is 1.16 bits per heavy atom. The average molecular weight is 258 g/mol. The van der Waals surface area contributed by atoms with Crippen molar-refractivity contribution in [2.45, 2.75) is 0 Å². The lowest BCUT2D eigenvalue weighted by molar-refractivity contribution is 0.0735. The molecule has 0 aliphatic heterocycles. The molecule has 0 unspecified atom stereocenters. The highest BCUT2D eigenvalue weighted by molar-refractivity contribution is 5.91. The summed E-state index contributed by atoms with van der Waals surface area (Å²) in [5.41, 5.74) is 2.50. The van der Waals surface area contributed by atoms with E-state index in [0.29, 0.717) is 5.56 Å². The molecule has 0 saturated heterocycles. The number of rotatable bonds is 4. The minimum atomic E-state index is -0.611. The Morgan fingerprint density at radius 3 is 2.53 bits per heavy atom. The Bertz CT molecular complexity index is 599. The lowest BCUT2D eigenvalue weighted by atomic mass is 10.2. The molecule has 19 heavy (non-hydrogen) atoms. The minimum Gasteiger partial charge on any atom is -0.420 e. The zero-order valence-corrected chi connectivity index (χ0v) is 9.74. The molecule has 0 aromatic heterocycles. The maximum atomic E-state index is 11.8. The molecule has 0 atom stereocenters. The molecule has 0 saturated carbocycles. The highest BCUT2D eigenvalue weighted by Crippen LogP contribution is 2.31. The lowest BCUT2D eigenvalue weighted by Gasteiger charge is -2.07. The van der Waals surface area contributed by atoms with Gasteiger partial charge in [0.05, 0.1) is 11.3 Å². The zero-order chi connectivity index (χ0) is 13.7. The number of nitrogens with zero attached hydrogens (tertiary/aromatic N) is 1. The van der Waals surface area contributed by atoms with Crippen LogP contribution in [0.3, 0.4) is 0 Å². The van der Waals surface area contributed by atoms with Crippen LogP contribution in [0.1, 0.15) is 10.4 Å². The van der Waals surface area contributed by atoms with E-state index in [2.05, 4.69) is 5.18 Å². The number of esters is 1. The lowest BCUT2D eigenvalue weighted by Crippen LogP contribution is -2.08. The second-order valence-electron chi connectivity index (χ2n) is 3.64. The Labute approximate surface area is 108 Å². The first-order valence-corrected chi connectivity index (χ1v) is 5.39. The summed E-state index contributed by atoms with van der Waals surface area (Å²) >= 11 is 0. The summed E-state index contributed by atoms with van der Waals surface area (Å²) in [4.78, 5) is 22.5. The first kappa shape index (κ1) is 12.7. The molecule has 6 heteroatoms. The second-order valence-corrected chi connectivity index (χ2v) is 3.64. The van der Waals surface area contributed by atoms with Crippen molar-refractivity contribution in [2.75, 3.05) is 5.48 Å². The van der Waals surface area contributed by atoms with Crippen LogP contribution in [-0.4, -0.2) is 11.2 Å². The van der Waals surface area contributed by atoms with E-state index in [-0.39, 0.29) is 17.1 Å². The topological polar surface area (TPSA) is 88.0 Å². The number of carbonyl (C=O) groups excluding carboxylic acids is 1.